The van der Waals surface area contributed by atoms with Crippen LogP contribution in [0.15, 0.2) is 5.38 Å². The monoisotopic (exact) mass is 249 g/mol. The van der Waals surface area contributed by atoms with Crippen LogP contribution in [0.1, 0.15) is 12.6 Å². The van der Waals surface area contributed by atoms with Gasteiger partial charge in [0.05, 0.1) is 5.69 Å². The number of anilines is 1. The Kier molecular flexibility index (Phi) is 6.47. The van der Waals surface area contributed by atoms with Crippen molar-refractivity contribution in [2.75, 3.05) is 18.9 Å². The Bertz CT molecular complexity index is 316. The Balaban J connectivity index is 0.00000196. The van der Waals surface area contributed by atoms with Crippen molar-refractivity contribution in [3.8, 4) is 0 Å². The summed E-state index contributed by atoms with van der Waals surface area (Å²) < 4.78 is 0. The van der Waals surface area contributed by atoms with E-state index in [0.29, 0.717) is 11.7 Å². The molecule has 1 unspecified atom stereocenters. The van der Waals surface area contributed by atoms with Crippen molar-refractivity contribution < 1.29 is 4.79 Å². The third-order valence-corrected chi connectivity index (χ3v) is 2.68. The standard InChI is InChI=1S/C9H15N3OS.ClH/c1-6(4-10-3)8(13)12-9-11-7(2)5-14-9;/h5-6,10H,4H2,1-3H3,(H,11,12,13);1H. The van der Waals surface area contributed by atoms with E-state index in [9.17, 15) is 4.79 Å². The van der Waals surface area contributed by atoms with E-state index in [1.165, 1.54) is 11.3 Å². The average Bonchev–Trinajstić information content (AvgIpc) is 2.51. The number of halogens is 1. The van der Waals surface area contributed by atoms with Crippen LogP contribution in [0.2, 0.25) is 0 Å². The first-order valence-electron chi connectivity index (χ1n) is 4.51. The first kappa shape index (κ1) is 14.3. The minimum atomic E-state index is -0.0378. The number of amides is 1. The molecule has 0 spiro atoms. The zero-order chi connectivity index (χ0) is 10.6. The Morgan fingerprint density at radius 3 is 2.80 bits per heavy atom. The van der Waals surface area contributed by atoms with Crippen LogP contribution in [0.5, 0.6) is 0 Å². The number of nitrogens with zero attached hydrogens (tertiary/aromatic N) is 1. The van der Waals surface area contributed by atoms with Crippen molar-refractivity contribution in [1.29, 1.82) is 0 Å². The summed E-state index contributed by atoms with van der Waals surface area (Å²) in [5.74, 6) is -0.0297. The van der Waals surface area contributed by atoms with Crippen molar-refractivity contribution >= 4 is 34.8 Å². The molecule has 1 aromatic heterocycles. The summed E-state index contributed by atoms with van der Waals surface area (Å²) in [6, 6.07) is 0. The molecule has 0 saturated carbocycles. The van der Waals surface area contributed by atoms with Gasteiger partial charge in [0.25, 0.3) is 0 Å². The van der Waals surface area contributed by atoms with Gasteiger partial charge in [-0.3, -0.25) is 4.79 Å². The van der Waals surface area contributed by atoms with E-state index in [4.69, 9.17) is 0 Å². The normalized spacial score (nSPS) is 11.7. The predicted molar refractivity (Wildman–Crippen MR) is 65.8 cm³/mol. The zero-order valence-corrected chi connectivity index (χ0v) is 10.7. The van der Waals surface area contributed by atoms with Gasteiger partial charge in [0.1, 0.15) is 0 Å². The molecule has 0 aliphatic heterocycles. The van der Waals surface area contributed by atoms with Crippen LogP contribution in [-0.2, 0) is 4.79 Å². The van der Waals surface area contributed by atoms with E-state index in [-0.39, 0.29) is 24.2 Å². The molecule has 15 heavy (non-hydrogen) atoms. The van der Waals surface area contributed by atoms with Gasteiger partial charge in [-0.2, -0.15) is 0 Å². The second kappa shape index (κ2) is 6.76. The molecular weight excluding hydrogens is 234 g/mol. The van der Waals surface area contributed by atoms with Gasteiger partial charge in [0.2, 0.25) is 5.91 Å². The third kappa shape index (κ3) is 4.59. The van der Waals surface area contributed by atoms with E-state index in [1.54, 1.807) is 0 Å². The summed E-state index contributed by atoms with van der Waals surface area (Å²) in [5, 5.41) is 8.33. The van der Waals surface area contributed by atoms with Crippen LogP contribution in [-0.4, -0.2) is 24.5 Å². The van der Waals surface area contributed by atoms with Crippen LogP contribution in [0.3, 0.4) is 0 Å². The first-order valence-corrected chi connectivity index (χ1v) is 5.39. The minimum Gasteiger partial charge on any atom is -0.319 e. The van der Waals surface area contributed by atoms with Gasteiger partial charge in [0, 0.05) is 17.8 Å². The number of hydrogen-bond donors (Lipinski definition) is 2. The summed E-state index contributed by atoms with van der Waals surface area (Å²) in [6.07, 6.45) is 0. The molecule has 86 valence electrons. The molecule has 0 aromatic carbocycles. The second-order valence-electron chi connectivity index (χ2n) is 3.24. The van der Waals surface area contributed by atoms with Gasteiger partial charge in [-0.1, -0.05) is 6.92 Å². The Hall–Kier alpha value is -0.650. The molecule has 2 N–H and O–H groups in total. The smallest absolute Gasteiger partial charge is 0.230 e. The van der Waals surface area contributed by atoms with Gasteiger partial charge in [0.15, 0.2) is 5.13 Å². The number of carbonyl (C=O) groups excluding carboxylic acids is 1. The molecule has 0 saturated heterocycles. The van der Waals surface area contributed by atoms with Gasteiger partial charge >= 0.3 is 0 Å². The lowest BCUT2D eigenvalue weighted by atomic mass is 10.2. The third-order valence-electron chi connectivity index (χ3n) is 1.81. The molecule has 0 bridgehead atoms. The maximum Gasteiger partial charge on any atom is 0.230 e. The molecule has 0 aliphatic carbocycles. The number of nitrogens with one attached hydrogen (secondary N) is 2. The van der Waals surface area contributed by atoms with E-state index >= 15 is 0 Å². The van der Waals surface area contributed by atoms with Crippen molar-refractivity contribution in [3.05, 3.63) is 11.1 Å². The van der Waals surface area contributed by atoms with Gasteiger partial charge in [-0.15, -0.1) is 23.7 Å². The quantitative estimate of drug-likeness (QED) is 0.854. The predicted octanol–water partition coefficient (Wildman–Crippen LogP) is 1.67. The number of carbonyl (C=O) groups is 1. The van der Waals surface area contributed by atoms with E-state index in [1.807, 2.05) is 26.3 Å². The van der Waals surface area contributed by atoms with Crippen LogP contribution in [0, 0.1) is 12.8 Å². The lowest BCUT2D eigenvalue weighted by molar-refractivity contribution is -0.119. The largest absolute Gasteiger partial charge is 0.319 e. The number of rotatable bonds is 4. The fraction of sp³-hybridized carbons (Fsp3) is 0.556. The van der Waals surface area contributed by atoms with Crippen LogP contribution < -0.4 is 10.6 Å². The van der Waals surface area contributed by atoms with Crippen molar-refractivity contribution in [3.63, 3.8) is 0 Å². The fourth-order valence-electron chi connectivity index (χ4n) is 1.04. The Morgan fingerprint density at radius 1 is 1.67 bits per heavy atom. The van der Waals surface area contributed by atoms with E-state index in [0.717, 1.165) is 5.69 Å². The molecule has 0 fully saturated rings. The highest BCUT2D eigenvalue weighted by molar-refractivity contribution is 7.13. The molecule has 1 amide bonds. The van der Waals surface area contributed by atoms with Gasteiger partial charge < -0.3 is 10.6 Å². The Labute approximate surface area is 99.9 Å². The molecule has 1 aromatic rings. The van der Waals surface area contributed by atoms with E-state index < -0.39 is 0 Å². The summed E-state index contributed by atoms with van der Waals surface area (Å²) in [7, 11) is 1.83. The molecule has 4 nitrogen and oxygen atoms in total. The highest BCUT2D eigenvalue weighted by atomic mass is 35.5. The first-order chi connectivity index (χ1) is 6.63. The highest BCUT2D eigenvalue weighted by Gasteiger charge is 2.12. The molecule has 6 heteroatoms. The molecule has 0 radical (unpaired) electrons. The van der Waals surface area contributed by atoms with Gasteiger partial charge in [-0.25, -0.2) is 4.98 Å². The molecule has 1 heterocycles. The van der Waals surface area contributed by atoms with Crippen LogP contribution >= 0.6 is 23.7 Å². The van der Waals surface area contributed by atoms with Crippen LogP contribution in [0.4, 0.5) is 5.13 Å². The topological polar surface area (TPSA) is 54.0 Å². The molecule has 1 atom stereocenters. The van der Waals surface area contributed by atoms with Crippen molar-refractivity contribution in [2.24, 2.45) is 5.92 Å². The Morgan fingerprint density at radius 2 is 2.33 bits per heavy atom. The lowest BCUT2D eigenvalue weighted by Gasteiger charge is -2.09. The number of hydrogen-bond acceptors (Lipinski definition) is 4. The van der Waals surface area contributed by atoms with Crippen LogP contribution in [0.25, 0.3) is 0 Å². The second-order valence-corrected chi connectivity index (χ2v) is 4.10. The minimum absolute atomic E-state index is 0. The highest BCUT2D eigenvalue weighted by Crippen LogP contribution is 2.15. The lowest BCUT2D eigenvalue weighted by Crippen LogP contribution is -2.28. The number of aromatic nitrogens is 1. The maximum atomic E-state index is 11.5. The fourth-order valence-corrected chi connectivity index (χ4v) is 1.73. The summed E-state index contributed by atoms with van der Waals surface area (Å²) in [5.41, 5.74) is 0.937. The molecule has 0 aliphatic rings. The van der Waals surface area contributed by atoms with Crippen molar-refractivity contribution in [1.82, 2.24) is 10.3 Å². The number of aryl methyl sites for hydroxylation is 1. The summed E-state index contributed by atoms with van der Waals surface area (Å²) >= 11 is 1.45. The average molecular weight is 250 g/mol. The maximum absolute atomic E-state index is 11.5. The zero-order valence-electron chi connectivity index (χ0n) is 9.03. The molecular formula is C9H16ClN3OS. The summed E-state index contributed by atoms with van der Waals surface area (Å²) in [6.45, 7) is 4.46. The molecule has 1 rings (SSSR count). The summed E-state index contributed by atoms with van der Waals surface area (Å²) in [4.78, 5) is 15.7. The number of thiazole rings is 1. The van der Waals surface area contributed by atoms with E-state index in [2.05, 4.69) is 15.6 Å². The van der Waals surface area contributed by atoms with Gasteiger partial charge in [-0.05, 0) is 14.0 Å². The van der Waals surface area contributed by atoms with Crippen molar-refractivity contribution in [2.45, 2.75) is 13.8 Å². The SMILES string of the molecule is CNCC(C)C(=O)Nc1nc(C)cs1.Cl.